The molecule has 0 unspecified atom stereocenters. The molecule has 1 N–H and O–H groups in total. The van der Waals surface area contributed by atoms with Gasteiger partial charge in [-0.3, -0.25) is 14.3 Å². The second-order valence-electron chi connectivity index (χ2n) is 5.59. The maximum absolute atomic E-state index is 12.5. The summed E-state index contributed by atoms with van der Waals surface area (Å²) >= 11 is 0. The lowest BCUT2D eigenvalue weighted by molar-refractivity contribution is 0.101. The summed E-state index contributed by atoms with van der Waals surface area (Å²) in [6.07, 6.45) is 0. The van der Waals surface area contributed by atoms with Crippen molar-refractivity contribution in [3.05, 3.63) is 69.5 Å². The summed E-state index contributed by atoms with van der Waals surface area (Å²) in [5, 5.41) is 7.41. The fourth-order valence-corrected chi connectivity index (χ4v) is 2.53. The fourth-order valence-electron chi connectivity index (χ4n) is 2.53. The number of nitrogens with one attached hydrogen (secondary N) is 1. The molecule has 0 aliphatic carbocycles. The van der Waals surface area contributed by atoms with Crippen molar-refractivity contribution in [1.29, 1.82) is 0 Å². The number of carbonyl (C=O) groups excluding carboxylic acids is 1. The minimum atomic E-state index is -0.495. The molecule has 3 aromatic rings. The Labute approximate surface area is 133 Å². The number of fused-ring (bicyclic) bond motifs is 1. The minimum absolute atomic E-state index is 0.105. The maximum atomic E-state index is 12.5. The summed E-state index contributed by atoms with van der Waals surface area (Å²) < 4.78 is 1.55. The van der Waals surface area contributed by atoms with Crippen LogP contribution in [0.5, 0.6) is 0 Å². The molecule has 2 aromatic carbocycles. The molecule has 23 heavy (non-hydrogen) atoms. The third-order valence-electron chi connectivity index (χ3n) is 3.82. The van der Waals surface area contributed by atoms with Gasteiger partial charge >= 0.3 is 0 Å². The van der Waals surface area contributed by atoms with Crippen LogP contribution in [0.1, 0.15) is 21.6 Å². The zero-order valence-corrected chi connectivity index (χ0v) is 13.3. The highest BCUT2D eigenvalue weighted by Crippen LogP contribution is 2.17. The number of rotatable bonds is 2. The average Bonchev–Trinajstić information content (AvgIpc) is 2.54. The Bertz CT molecular complexity index is 974. The van der Waals surface area contributed by atoms with Crippen molar-refractivity contribution in [3.8, 4) is 0 Å². The molecule has 0 atom stereocenters. The van der Waals surface area contributed by atoms with Gasteiger partial charge < -0.3 is 5.32 Å². The summed E-state index contributed by atoms with van der Waals surface area (Å²) in [5.41, 5.74) is 2.88. The van der Waals surface area contributed by atoms with Crippen molar-refractivity contribution in [2.75, 3.05) is 5.32 Å². The van der Waals surface area contributed by atoms with Crippen molar-refractivity contribution in [3.63, 3.8) is 0 Å². The van der Waals surface area contributed by atoms with Gasteiger partial charge in [0.2, 0.25) is 5.43 Å². The molecule has 0 aliphatic heterocycles. The molecule has 3 rings (SSSR count). The second-order valence-corrected chi connectivity index (χ2v) is 5.59. The van der Waals surface area contributed by atoms with E-state index in [1.807, 2.05) is 38.1 Å². The van der Waals surface area contributed by atoms with Crippen LogP contribution in [0.2, 0.25) is 0 Å². The van der Waals surface area contributed by atoms with E-state index < -0.39 is 5.91 Å². The Morgan fingerprint density at radius 3 is 2.65 bits per heavy atom. The van der Waals surface area contributed by atoms with E-state index in [1.54, 1.807) is 29.9 Å². The summed E-state index contributed by atoms with van der Waals surface area (Å²) in [4.78, 5) is 25.0. The van der Waals surface area contributed by atoms with Crippen LogP contribution in [0.3, 0.4) is 0 Å². The van der Waals surface area contributed by atoms with Crippen LogP contribution in [-0.4, -0.2) is 15.7 Å². The largest absolute Gasteiger partial charge is 0.320 e. The highest BCUT2D eigenvalue weighted by Gasteiger charge is 2.17. The van der Waals surface area contributed by atoms with Crippen molar-refractivity contribution >= 4 is 22.5 Å². The van der Waals surface area contributed by atoms with Gasteiger partial charge in [-0.1, -0.05) is 24.3 Å². The first-order valence-corrected chi connectivity index (χ1v) is 7.32. The lowest BCUT2D eigenvalue weighted by atomic mass is 10.1. The molecule has 1 aromatic heterocycles. The van der Waals surface area contributed by atoms with Gasteiger partial charge in [-0.15, -0.1) is 0 Å². The van der Waals surface area contributed by atoms with Crippen LogP contribution in [0.15, 0.2) is 47.3 Å². The molecule has 1 heterocycles. The van der Waals surface area contributed by atoms with Crippen molar-refractivity contribution < 1.29 is 4.79 Å². The number of carbonyl (C=O) groups is 1. The molecule has 5 heteroatoms. The minimum Gasteiger partial charge on any atom is -0.320 e. The molecule has 0 spiro atoms. The molecule has 0 radical (unpaired) electrons. The van der Waals surface area contributed by atoms with E-state index in [9.17, 15) is 9.59 Å². The first kappa shape index (κ1) is 15.0. The van der Waals surface area contributed by atoms with Gasteiger partial charge in [-0.25, -0.2) is 0 Å². The first-order chi connectivity index (χ1) is 11.0. The molecule has 1 amide bonds. The van der Waals surface area contributed by atoms with Crippen LogP contribution in [0.4, 0.5) is 5.69 Å². The van der Waals surface area contributed by atoms with Crippen LogP contribution in [0.25, 0.3) is 10.9 Å². The maximum Gasteiger partial charge on any atom is 0.280 e. The Morgan fingerprint density at radius 1 is 1.13 bits per heavy atom. The molecule has 0 fully saturated rings. The first-order valence-electron chi connectivity index (χ1n) is 7.32. The molecule has 0 saturated carbocycles. The number of hydrogen-bond donors (Lipinski definition) is 1. The van der Waals surface area contributed by atoms with Crippen molar-refractivity contribution in [1.82, 2.24) is 9.78 Å². The summed E-state index contributed by atoms with van der Waals surface area (Å²) in [6.45, 7) is 3.85. The monoisotopic (exact) mass is 307 g/mol. The Balaban J connectivity index is 2.06. The van der Waals surface area contributed by atoms with Crippen molar-refractivity contribution in [2.45, 2.75) is 13.8 Å². The number of aryl methyl sites for hydroxylation is 3. The predicted molar refractivity (Wildman–Crippen MR) is 90.9 cm³/mol. The number of hydrogen-bond acceptors (Lipinski definition) is 3. The van der Waals surface area contributed by atoms with Gasteiger partial charge in [-0.05, 0) is 43.2 Å². The van der Waals surface area contributed by atoms with E-state index in [4.69, 9.17) is 0 Å². The number of nitrogens with zero attached hydrogens (tertiary/aromatic N) is 2. The molecule has 0 aliphatic rings. The molecule has 0 bridgehead atoms. The number of aromatic nitrogens is 2. The van der Waals surface area contributed by atoms with Crippen LogP contribution < -0.4 is 10.7 Å². The van der Waals surface area contributed by atoms with E-state index in [-0.39, 0.29) is 11.1 Å². The highest BCUT2D eigenvalue weighted by atomic mass is 16.2. The fraction of sp³-hybridized carbons (Fsp3) is 0.167. The molecule has 116 valence electrons. The van der Waals surface area contributed by atoms with Gasteiger partial charge in [0.05, 0.1) is 5.52 Å². The summed E-state index contributed by atoms with van der Waals surface area (Å²) in [6, 6.07) is 12.9. The zero-order valence-electron chi connectivity index (χ0n) is 13.3. The van der Waals surface area contributed by atoms with Gasteiger partial charge in [0, 0.05) is 18.1 Å². The quantitative estimate of drug-likeness (QED) is 0.792. The van der Waals surface area contributed by atoms with E-state index in [0.717, 1.165) is 11.1 Å². The highest BCUT2D eigenvalue weighted by molar-refractivity contribution is 6.04. The summed E-state index contributed by atoms with van der Waals surface area (Å²) in [7, 11) is 1.72. The molecule has 5 nitrogen and oxygen atoms in total. The normalized spacial score (nSPS) is 10.7. The van der Waals surface area contributed by atoms with Crippen LogP contribution in [-0.2, 0) is 7.05 Å². The SMILES string of the molecule is Cc1ccc(C)c(NC(=O)c2nn(C)c3ccccc3c2=O)c1. The number of anilines is 1. The lowest BCUT2D eigenvalue weighted by Crippen LogP contribution is -2.26. The number of amides is 1. The number of benzene rings is 2. The Hall–Kier alpha value is -2.95. The van der Waals surface area contributed by atoms with Gasteiger partial charge in [0.25, 0.3) is 5.91 Å². The molecular weight excluding hydrogens is 290 g/mol. The number of para-hydroxylation sites is 1. The third-order valence-corrected chi connectivity index (χ3v) is 3.82. The molecular formula is C18H17N3O2. The van der Waals surface area contributed by atoms with E-state index in [0.29, 0.717) is 16.6 Å². The van der Waals surface area contributed by atoms with Crippen LogP contribution >= 0.6 is 0 Å². The third kappa shape index (κ3) is 2.73. The standard InChI is InChI=1S/C18H17N3O2/c1-11-8-9-12(2)14(10-11)19-18(23)16-17(22)13-6-4-5-7-15(13)21(3)20-16/h4-10H,1-3H3,(H,19,23). The van der Waals surface area contributed by atoms with E-state index >= 15 is 0 Å². The zero-order chi connectivity index (χ0) is 16.6. The smallest absolute Gasteiger partial charge is 0.280 e. The van der Waals surface area contributed by atoms with Crippen LogP contribution in [0, 0.1) is 13.8 Å². The molecule has 0 saturated heterocycles. The van der Waals surface area contributed by atoms with Gasteiger partial charge in [0.15, 0.2) is 5.69 Å². The van der Waals surface area contributed by atoms with E-state index in [1.165, 1.54) is 0 Å². The van der Waals surface area contributed by atoms with E-state index in [2.05, 4.69) is 10.4 Å². The summed E-state index contributed by atoms with van der Waals surface area (Å²) in [5.74, 6) is -0.495. The predicted octanol–water partition coefficient (Wildman–Crippen LogP) is 2.80. The Kier molecular flexibility index (Phi) is 3.70. The van der Waals surface area contributed by atoms with Crippen molar-refractivity contribution in [2.24, 2.45) is 7.05 Å². The van der Waals surface area contributed by atoms with Gasteiger partial charge in [-0.2, -0.15) is 5.10 Å². The Morgan fingerprint density at radius 2 is 1.87 bits per heavy atom. The second kappa shape index (κ2) is 5.68. The topological polar surface area (TPSA) is 64.0 Å². The lowest BCUT2D eigenvalue weighted by Gasteiger charge is -2.10. The van der Waals surface area contributed by atoms with Gasteiger partial charge in [0.1, 0.15) is 0 Å². The average molecular weight is 307 g/mol.